The van der Waals surface area contributed by atoms with Crippen molar-refractivity contribution in [2.75, 3.05) is 0 Å². The number of hydrogen-bond acceptors (Lipinski definition) is 3. The summed E-state index contributed by atoms with van der Waals surface area (Å²) in [4.78, 5) is 11.1. The van der Waals surface area contributed by atoms with Crippen LogP contribution >= 0.6 is 0 Å². The fourth-order valence-corrected chi connectivity index (χ4v) is 1.02. The third kappa shape index (κ3) is 1.45. The average molecular weight is 168 g/mol. The minimum atomic E-state index is -0.356. The number of hydrazine groups is 1. The lowest BCUT2D eigenvalue weighted by Crippen LogP contribution is -2.36. The Labute approximate surface area is 70.5 Å². The number of rotatable bonds is 2. The number of carbonyl (C=O) groups excluding carboxylic acids is 1. The third-order valence-electron chi connectivity index (χ3n) is 1.76. The summed E-state index contributed by atoms with van der Waals surface area (Å²) in [6.07, 6.45) is 1.65. The van der Waals surface area contributed by atoms with Crippen LogP contribution in [0.2, 0.25) is 0 Å². The van der Waals surface area contributed by atoms with Gasteiger partial charge in [-0.3, -0.25) is 14.9 Å². The van der Waals surface area contributed by atoms with Gasteiger partial charge < -0.3 is 0 Å². The molecule has 0 radical (unpaired) electrons. The van der Waals surface area contributed by atoms with Gasteiger partial charge in [0.05, 0.1) is 0 Å². The van der Waals surface area contributed by atoms with E-state index in [0.717, 1.165) is 5.69 Å². The van der Waals surface area contributed by atoms with Gasteiger partial charge >= 0.3 is 0 Å². The molecule has 1 atom stereocenters. The maximum absolute atomic E-state index is 11.1. The summed E-state index contributed by atoms with van der Waals surface area (Å²) in [5, 5.41) is 3.98. The second kappa shape index (κ2) is 3.36. The molecule has 1 rings (SSSR count). The van der Waals surface area contributed by atoms with Gasteiger partial charge in [0.25, 0.3) is 5.91 Å². The first-order valence-electron chi connectivity index (χ1n) is 3.67. The summed E-state index contributed by atoms with van der Waals surface area (Å²) < 4.78 is 1.61. The second-order valence-corrected chi connectivity index (χ2v) is 2.60. The van der Waals surface area contributed by atoms with Crippen LogP contribution in [0.4, 0.5) is 0 Å². The van der Waals surface area contributed by atoms with Gasteiger partial charge in [0.15, 0.2) is 0 Å². The van der Waals surface area contributed by atoms with Gasteiger partial charge in [-0.15, -0.1) is 0 Å². The Morgan fingerprint density at radius 3 is 2.92 bits per heavy atom. The van der Waals surface area contributed by atoms with Gasteiger partial charge in [-0.1, -0.05) is 0 Å². The van der Waals surface area contributed by atoms with Gasteiger partial charge in [0.2, 0.25) is 0 Å². The number of hydrogen-bond donors (Lipinski definition) is 2. The number of aryl methyl sites for hydroxylation is 1. The van der Waals surface area contributed by atoms with Crippen LogP contribution in [0, 0.1) is 6.92 Å². The van der Waals surface area contributed by atoms with E-state index in [1.807, 2.05) is 13.0 Å². The number of nitrogens with two attached hydrogens (primary N) is 1. The van der Waals surface area contributed by atoms with E-state index in [-0.39, 0.29) is 11.9 Å². The first kappa shape index (κ1) is 8.73. The lowest BCUT2D eigenvalue weighted by molar-refractivity contribution is -0.124. The number of nitrogens with zero attached hydrogens (tertiary/aromatic N) is 2. The minimum absolute atomic E-state index is 0.248. The van der Waals surface area contributed by atoms with Crippen LogP contribution in [0.5, 0.6) is 0 Å². The van der Waals surface area contributed by atoms with Crippen molar-refractivity contribution in [1.29, 1.82) is 0 Å². The number of nitrogens with one attached hydrogen (secondary N) is 1. The minimum Gasteiger partial charge on any atom is -0.292 e. The summed E-state index contributed by atoms with van der Waals surface area (Å²) in [5.74, 6) is 4.74. The molecule has 1 aromatic heterocycles. The third-order valence-corrected chi connectivity index (χ3v) is 1.76. The maximum atomic E-state index is 11.1. The summed E-state index contributed by atoms with van der Waals surface area (Å²) in [7, 11) is 0. The Balaban J connectivity index is 2.84. The van der Waals surface area contributed by atoms with E-state index in [2.05, 4.69) is 10.5 Å². The van der Waals surface area contributed by atoms with Crippen molar-refractivity contribution in [3.8, 4) is 0 Å². The summed E-state index contributed by atoms with van der Waals surface area (Å²) in [6.45, 7) is 3.62. The van der Waals surface area contributed by atoms with E-state index in [0.29, 0.717) is 0 Å². The summed E-state index contributed by atoms with van der Waals surface area (Å²) in [6, 6.07) is 1.48. The Bertz CT molecular complexity index is 281. The predicted molar refractivity (Wildman–Crippen MR) is 44.0 cm³/mol. The summed E-state index contributed by atoms with van der Waals surface area (Å²) in [5.41, 5.74) is 3.02. The molecule has 0 fully saturated rings. The Morgan fingerprint density at radius 1 is 1.83 bits per heavy atom. The molecule has 0 saturated heterocycles. The number of carbonyl (C=O) groups is 1. The molecule has 0 aliphatic rings. The van der Waals surface area contributed by atoms with Gasteiger partial charge in [-0.25, -0.2) is 5.84 Å². The fraction of sp³-hybridized carbons (Fsp3) is 0.429. The quantitative estimate of drug-likeness (QED) is 0.363. The first-order valence-corrected chi connectivity index (χ1v) is 3.67. The van der Waals surface area contributed by atoms with E-state index in [1.165, 1.54) is 0 Å². The van der Waals surface area contributed by atoms with E-state index in [9.17, 15) is 4.79 Å². The highest BCUT2D eigenvalue weighted by atomic mass is 16.2. The molecule has 66 valence electrons. The van der Waals surface area contributed by atoms with Crippen LogP contribution < -0.4 is 11.3 Å². The van der Waals surface area contributed by atoms with Crippen molar-refractivity contribution >= 4 is 5.91 Å². The van der Waals surface area contributed by atoms with Crippen LogP contribution in [-0.4, -0.2) is 15.7 Å². The molecular formula is C7H12N4O. The molecule has 0 bridgehead atoms. The normalized spacial score (nSPS) is 12.6. The molecule has 1 aromatic rings. The smallest absolute Gasteiger partial charge is 0.258 e. The molecule has 1 amide bonds. The molecule has 0 saturated carbocycles. The van der Waals surface area contributed by atoms with E-state index >= 15 is 0 Å². The molecule has 0 aliphatic carbocycles. The van der Waals surface area contributed by atoms with E-state index < -0.39 is 0 Å². The summed E-state index contributed by atoms with van der Waals surface area (Å²) >= 11 is 0. The number of aromatic nitrogens is 2. The largest absolute Gasteiger partial charge is 0.292 e. The van der Waals surface area contributed by atoms with Crippen LogP contribution in [-0.2, 0) is 4.79 Å². The van der Waals surface area contributed by atoms with Crippen molar-refractivity contribution in [2.24, 2.45) is 5.84 Å². The van der Waals surface area contributed by atoms with E-state index in [4.69, 9.17) is 5.84 Å². The topological polar surface area (TPSA) is 72.9 Å². The van der Waals surface area contributed by atoms with Crippen molar-refractivity contribution < 1.29 is 4.79 Å². The van der Waals surface area contributed by atoms with Gasteiger partial charge in [-0.2, -0.15) is 5.10 Å². The zero-order chi connectivity index (χ0) is 9.14. The highest BCUT2D eigenvalue weighted by Gasteiger charge is 2.14. The standard InChI is InChI=1S/C7H12N4O/c1-5-3-4-9-11(5)6(2)7(12)10-8/h3-4,6H,8H2,1-2H3,(H,10,12). The molecule has 1 unspecified atom stereocenters. The van der Waals surface area contributed by atoms with Gasteiger partial charge in [0.1, 0.15) is 6.04 Å². The zero-order valence-electron chi connectivity index (χ0n) is 7.11. The van der Waals surface area contributed by atoms with Crippen LogP contribution in [0.3, 0.4) is 0 Å². The molecule has 1 heterocycles. The predicted octanol–water partition coefficient (Wildman–Crippen LogP) is -0.258. The van der Waals surface area contributed by atoms with Gasteiger partial charge in [0, 0.05) is 11.9 Å². The fourth-order valence-electron chi connectivity index (χ4n) is 1.02. The highest BCUT2D eigenvalue weighted by molar-refractivity contribution is 5.79. The molecule has 5 heteroatoms. The Hall–Kier alpha value is -1.36. The highest BCUT2D eigenvalue weighted by Crippen LogP contribution is 2.06. The average Bonchev–Trinajstić information content (AvgIpc) is 2.48. The second-order valence-electron chi connectivity index (χ2n) is 2.60. The van der Waals surface area contributed by atoms with Crippen molar-refractivity contribution in [3.05, 3.63) is 18.0 Å². The molecule has 0 spiro atoms. The molecule has 0 aromatic carbocycles. The molecular weight excluding hydrogens is 156 g/mol. The first-order chi connectivity index (χ1) is 5.66. The van der Waals surface area contributed by atoms with Crippen molar-refractivity contribution in [2.45, 2.75) is 19.9 Å². The van der Waals surface area contributed by atoms with Crippen molar-refractivity contribution in [3.63, 3.8) is 0 Å². The monoisotopic (exact) mass is 168 g/mol. The van der Waals surface area contributed by atoms with E-state index in [1.54, 1.807) is 17.8 Å². The lowest BCUT2D eigenvalue weighted by atomic mass is 10.3. The molecule has 3 N–H and O–H groups in total. The van der Waals surface area contributed by atoms with Crippen LogP contribution in [0.25, 0.3) is 0 Å². The maximum Gasteiger partial charge on any atom is 0.258 e. The lowest BCUT2D eigenvalue weighted by Gasteiger charge is -2.11. The van der Waals surface area contributed by atoms with Gasteiger partial charge in [-0.05, 0) is 19.9 Å². The van der Waals surface area contributed by atoms with Crippen LogP contribution in [0.1, 0.15) is 18.7 Å². The molecule has 12 heavy (non-hydrogen) atoms. The van der Waals surface area contributed by atoms with Crippen LogP contribution in [0.15, 0.2) is 12.3 Å². The number of amides is 1. The molecule has 5 nitrogen and oxygen atoms in total. The Kier molecular flexibility index (Phi) is 2.44. The SMILES string of the molecule is Cc1ccnn1C(C)C(=O)NN. The Morgan fingerprint density at radius 2 is 2.50 bits per heavy atom. The molecule has 0 aliphatic heterocycles. The van der Waals surface area contributed by atoms with Crippen molar-refractivity contribution in [1.82, 2.24) is 15.2 Å². The zero-order valence-corrected chi connectivity index (χ0v) is 7.11.